The van der Waals surface area contributed by atoms with E-state index in [0.29, 0.717) is 18.2 Å². The van der Waals surface area contributed by atoms with Gasteiger partial charge in [0.15, 0.2) is 0 Å². The predicted molar refractivity (Wildman–Crippen MR) is 96.0 cm³/mol. The normalized spacial score (nSPS) is 12.5. The van der Waals surface area contributed by atoms with Crippen molar-refractivity contribution >= 4 is 16.7 Å². The minimum absolute atomic E-state index is 0.277. The van der Waals surface area contributed by atoms with E-state index in [1.165, 1.54) is 0 Å². The van der Waals surface area contributed by atoms with Gasteiger partial charge in [0.05, 0.1) is 29.7 Å². The van der Waals surface area contributed by atoms with Crippen LogP contribution in [0.25, 0.3) is 22.3 Å². The first-order chi connectivity index (χ1) is 11.7. The van der Waals surface area contributed by atoms with E-state index >= 15 is 0 Å². The molecular formula is C18H23N5O. The topological polar surface area (TPSA) is 78.9 Å². The molecule has 0 bridgehead atoms. The van der Waals surface area contributed by atoms with Crippen LogP contribution >= 0.6 is 0 Å². The van der Waals surface area contributed by atoms with Gasteiger partial charge in [-0.1, -0.05) is 13.8 Å². The van der Waals surface area contributed by atoms with E-state index in [9.17, 15) is 0 Å². The second kappa shape index (κ2) is 6.86. The third-order valence-corrected chi connectivity index (χ3v) is 4.08. The van der Waals surface area contributed by atoms with E-state index in [2.05, 4.69) is 30.9 Å². The van der Waals surface area contributed by atoms with E-state index in [4.69, 9.17) is 15.5 Å². The summed E-state index contributed by atoms with van der Waals surface area (Å²) in [5, 5.41) is 4.46. The molecule has 0 fully saturated rings. The molecule has 0 spiro atoms. The van der Waals surface area contributed by atoms with Gasteiger partial charge in [0.25, 0.3) is 0 Å². The van der Waals surface area contributed by atoms with Gasteiger partial charge in [0.2, 0.25) is 5.88 Å². The molecular weight excluding hydrogens is 302 g/mol. The Morgan fingerprint density at radius 2 is 2.17 bits per heavy atom. The summed E-state index contributed by atoms with van der Waals surface area (Å²) in [5.74, 6) is 0.583. The Hall–Kier alpha value is -2.63. The Balaban J connectivity index is 2.09. The minimum atomic E-state index is 0.277. The third kappa shape index (κ3) is 2.91. The first-order valence-electron chi connectivity index (χ1n) is 8.37. The van der Waals surface area contributed by atoms with E-state index < -0.39 is 0 Å². The first kappa shape index (κ1) is 16.2. The largest absolute Gasteiger partial charge is 0.477 e. The molecule has 3 aromatic rings. The van der Waals surface area contributed by atoms with Gasteiger partial charge in [-0.3, -0.25) is 4.68 Å². The van der Waals surface area contributed by atoms with Crippen molar-refractivity contribution in [3.8, 4) is 17.1 Å². The molecule has 6 heteroatoms. The molecule has 0 aliphatic heterocycles. The van der Waals surface area contributed by atoms with Crippen LogP contribution in [0.2, 0.25) is 0 Å². The van der Waals surface area contributed by atoms with Gasteiger partial charge in [0, 0.05) is 12.2 Å². The van der Waals surface area contributed by atoms with Gasteiger partial charge in [-0.15, -0.1) is 0 Å². The van der Waals surface area contributed by atoms with Gasteiger partial charge in [-0.2, -0.15) is 5.10 Å². The van der Waals surface area contributed by atoms with Crippen molar-refractivity contribution in [1.29, 1.82) is 0 Å². The molecule has 0 aliphatic carbocycles. The Morgan fingerprint density at radius 3 is 2.92 bits per heavy atom. The Labute approximate surface area is 141 Å². The number of nitrogens with two attached hydrogens (primary N) is 1. The number of ether oxygens (including phenoxy) is 1. The van der Waals surface area contributed by atoms with Gasteiger partial charge in [-0.05, 0) is 38.0 Å². The fraction of sp³-hybridized carbons (Fsp3) is 0.389. The summed E-state index contributed by atoms with van der Waals surface area (Å²) < 4.78 is 7.68. The van der Waals surface area contributed by atoms with Crippen LogP contribution in [0.3, 0.4) is 0 Å². The monoisotopic (exact) mass is 325 g/mol. The van der Waals surface area contributed by atoms with Crippen LogP contribution < -0.4 is 10.5 Å². The molecule has 3 heterocycles. The molecule has 0 radical (unpaired) electrons. The van der Waals surface area contributed by atoms with Crippen LogP contribution in [0.4, 0.5) is 5.69 Å². The molecule has 3 aromatic heterocycles. The quantitative estimate of drug-likeness (QED) is 0.745. The highest BCUT2D eigenvalue weighted by Gasteiger charge is 2.16. The average molecular weight is 325 g/mol. The van der Waals surface area contributed by atoms with Crippen LogP contribution in [0, 0.1) is 0 Å². The highest BCUT2D eigenvalue weighted by Crippen LogP contribution is 2.32. The summed E-state index contributed by atoms with van der Waals surface area (Å²) in [6.07, 6.45) is 5.39. The molecule has 2 N–H and O–H groups in total. The second-order valence-electron chi connectivity index (χ2n) is 5.88. The molecule has 0 aliphatic rings. The summed E-state index contributed by atoms with van der Waals surface area (Å²) in [6.45, 7) is 6.93. The zero-order valence-electron chi connectivity index (χ0n) is 14.4. The number of nitrogen functional groups attached to an aromatic ring is 1. The minimum Gasteiger partial charge on any atom is -0.477 e. The number of aromatic nitrogens is 4. The van der Waals surface area contributed by atoms with Crippen molar-refractivity contribution in [2.75, 3.05) is 12.3 Å². The van der Waals surface area contributed by atoms with Crippen LogP contribution in [0.5, 0.6) is 5.88 Å². The van der Waals surface area contributed by atoms with Gasteiger partial charge in [0.1, 0.15) is 11.0 Å². The van der Waals surface area contributed by atoms with Gasteiger partial charge >= 0.3 is 0 Å². The van der Waals surface area contributed by atoms with E-state index in [-0.39, 0.29) is 6.04 Å². The zero-order chi connectivity index (χ0) is 17.1. The number of fused-ring (bicyclic) bond motifs is 1. The number of hydrogen-bond donors (Lipinski definition) is 1. The van der Waals surface area contributed by atoms with Crippen LogP contribution in [0.15, 0.2) is 30.6 Å². The maximum Gasteiger partial charge on any atom is 0.222 e. The van der Waals surface area contributed by atoms with Crippen molar-refractivity contribution in [1.82, 2.24) is 19.7 Å². The fourth-order valence-corrected chi connectivity index (χ4v) is 2.64. The summed E-state index contributed by atoms with van der Waals surface area (Å²) in [4.78, 5) is 9.05. The zero-order valence-corrected chi connectivity index (χ0v) is 14.4. The standard InChI is InChI=1S/C18H23N5O/c1-4-9-24-18-13(7-6-8-20-18)15-10-14(19)17-16(22-15)11-21-23(17)12(3)5-2/h6-8,10-12H,4-5,9H2,1-3H3,(H2,19,22). The number of pyridine rings is 2. The summed E-state index contributed by atoms with van der Waals surface area (Å²) in [5.41, 5.74) is 10.3. The SMILES string of the molecule is CCCOc1ncccc1-c1cc(N)c2c(cnn2C(C)CC)n1. The van der Waals surface area contributed by atoms with Gasteiger partial charge < -0.3 is 10.5 Å². The van der Waals surface area contributed by atoms with Crippen LogP contribution in [0.1, 0.15) is 39.7 Å². The molecule has 1 atom stereocenters. The smallest absolute Gasteiger partial charge is 0.222 e. The summed E-state index contributed by atoms with van der Waals surface area (Å²) in [6, 6.07) is 5.97. The lowest BCUT2D eigenvalue weighted by molar-refractivity contribution is 0.306. The highest BCUT2D eigenvalue weighted by molar-refractivity contribution is 5.90. The first-order valence-corrected chi connectivity index (χ1v) is 8.37. The summed E-state index contributed by atoms with van der Waals surface area (Å²) >= 11 is 0. The van der Waals surface area contributed by atoms with Crippen LogP contribution in [-0.2, 0) is 0 Å². The molecule has 126 valence electrons. The van der Waals surface area contributed by atoms with E-state index in [0.717, 1.165) is 35.1 Å². The molecule has 0 saturated heterocycles. The lowest BCUT2D eigenvalue weighted by atomic mass is 10.1. The van der Waals surface area contributed by atoms with Crippen molar-refractivity contribution in [2.45, 2.75) is 39.7 Å². The van der Waals surface area contributed by atoms with Crippen LogP contribution in [-0.4, -0.2) is 26.4 Å². The maximum atomic E-state index is 6.32. The van der Waals surface area contributed by atoms with Crippen molar-refractivity contribution in [2.24, 2.45) is 0 Å². The Morgan fingerprint density at radius 1 is 1.33 bits per heavy atom. The number of rotatable bonds is 6. The molecule has 24 heavy (non-hydrogen) atoms. The molecule has 0 aromatic carbocycles. The molecule has 0 saturated carbocycles. The Kier molecular flexibility index (Phi) is 4.64. The van der Waals surface area contributed by atoms with Crippen molar-refractivity contribution in [3.05, 3.63) is 30.6 Å². The number of nitrogens with zero attached hydrogens (tertiary/aromatic N) is 4. The maximum absolute atomic E-state index is 6.32. The molecule has 0 amide bonds. The number of anilines is 1. The fourth-order valence-electron chi connectivity index (χ4n) is 2.64. The Bertz CT molecular complexity index is 843. The average Bonchev–Trinajstić information content (AvgIpc) is 3.04. The highest BCUT2D eigenvalue weighted by atomic mass is 16.5. The molecule has 3 rings (SSSR count). The van der Waals surface area contributed by atoms with E-state index in [1.807, 2.05) is 22.9 Å². The number of hydrogen-bond acceptors (Lipinski definition) is 5. The van der Waals surface area contributed by atoms with Gasteiger partial charge in [-0.25, -0.2) is 9.97 Å². The third-order valence-electron chi connectivity index (χ3n) is 4.08. The van der Waals surface area contributed by atoms with Crippen molar-refractivity contribution < 1.29 is 4.74 Å². The molecule has 1 unspecified atom stereocenters. The summed E-state index contributed by atoms with van der Waals surface area (Å²) in [7, 11) is 0. The van der Waals surface area contributed by atoms with Crippen molar-refractivity contribution in [3.63, 3.8) is 0 Å². The predicted octanol–water partition coefficient (Wildman–Crippen LogP) is 3.84. The lowest BCUT2D eigenvalue weighted by Gasteiger charge is -2.13. The second-order valence-corrected chi connectivity index (χ2v) is 5.88. The van der Waals surface area contributed by atoms with E-state index in [1.54, 1.807) is 12.4 Å². The lowest BCUT2D eigenvalue weighted by Crippen LogP contribution is -2.07. The molecule has 6 nitrogen and oxygen atoms in total.